The lowest BCUT2D eigenvalue weighted by Gasteiger charge is -2.10. The van der Waals surface area contributed by atoms with Crippen molar-refractivity contribution in [3.05, 3.63) is 36.0 Å². The van der Waals surface area contributed by atoms with Crippen LogP contribution in [0.15, 0.2) is 28.8 Å². The minimum absolute atomic E-state index is 0.227. The third-order valence-corrected chi connectivity index (χ3v) is 3.22. The van der Waals surface area contributed by atoms with Crippen LogP contribution in [-0.2, 0) is 6.54 Å². The molecule has 2 aromatic rings. The first-order chi connectivity index (χ1) is 9.20. The topological polar surface area (TPSA) is 68.2 Å². The highest BCUT2D eigenvalue weighted by atomic mass is 19.1. The molecular formula is C13H15FN4O. The second-order valence-electron chi connectivity index (χ2n) is 4.81. The van der Waals surface area contributed by atoms with Crippen molar-refractivity contribution in [3.8, 4) is 11.4 Å². The van der Waals surface area contributed by atoms with Crippen molar-refractivity contribution < 1.29 is 8.91 Å². The molecule has 6 heteroatoms. The van der Waals surface area contributed by atoms with Crippen molar-refractivity contribution in [1.82, 2.24) is 15.0 Å². The van der Waals surface area contributed by atoms with Crippen LogP contribution < -0.4 is 5.73 Å². The molecule has 1 aromatic heterocycles. The molecule has 2 heterocycles. The predicted molar refractivity (Wildman–Crippen MR) is 67.6 cm³/mol. The summed E-state index contributed by atoms with van der Waals surface area (Å²) >= 11 is 0. The van der Waals surface area contributed by atoms with Gasteiger partial charge in [0, 0.05) is 24.7 Å². The van der Waals surface area contributed by atoms with Gasteiger partial charge in [0.15, 0.2) is 0 Å². The Balaban J connectivity index is 1.73. The lowest BCUT2D eigenvalue weighted by molar-refractivity contribution is 0.265. The fourth-order valence-corrected chi connectivity index (χ4v) is 2.26. The van der Waals surface area contributed by atoms with E-state index in [0.717, 1.165) is 19.5 Å². The summed E-state index contributed by atoms with van der Waals surface area (Å²) in [6.45, 7) is 2.38. The van der Waals surface area contributed by atoms with Crippen molar-refractivity contribution in [3.63, 3.8) is 0 Å². The molecule has 1 aliphatic heterocycles. The van der Waals surface area contributed by atoms with E-state index in [-0.39, 0.29) is 11.9 Å². The molecule has 1 fully saturated rings. The molecule has 5 nitrogen and oxygen atoms in total. The average molecular weight is 262 g/mol. The van der Waals surface area contributed by atoms with E-state index in [2.05, 4.69) is 15.0 Å². The summed E-state index contributed by atoms with van der Waals surface area (Å²) in [5, 5.41) is 3.88. The molecule has 1 atom stereocenters. The smallest absolute Gasteiger partial charge is 0.241 e. The van der Waals surface area contributed by atoms with Gasteiger partial charge in [-0.05, 0) is 18.6 Å². The SMILES string of the molecule is NC1CCN(Cc2nc(-c3cccc(F)c3)no2)C1. The van der Waals surface area contributed by atoms with E-state index >= 15 is 0 Å². The van der Waals surface area contributed by atoms with Crippen LogP contribution in [0.2, 0.25) is 0 Å². The molecule has 1 saturated heterocycles. The second kappa shape index (κ2) is 5.07. The zero-order chi connectivity index (χ0) is 13.2. The molecular weight excluding hydrogens is 247 g/mol. The van der Waals surface area contributed by atoms with Crippen LogP contribution in [0, 0.1) is 5.82 Å². The van der Waals surface area contributed by atoms with Crippen LogP contribution in [-0.4, -0.2) is 34.2 Å². The molecule has 0 spiro atoms. The number of aromatic nitrogens is 2. The van der Waals surface area contributed by atoms with Gasteiger partial charge < -0.3 is 10.3 Å². The van der Waals surface area contributed by atoms with Crippen LogP contribution in [0.5, 0.6) is 0 Å². The maximum absolute atomic E-state index is 13.1. The average Bonchev–Trinajstić information content (AvgIpc) is 2.99. The van der Waals surface area contributed by atoms with Crippen molar-refractivity contribution in [2.24, 2.45) is 5.73 Å². The predicted octanol–water partition coefficient (Wildman–Crippen LogP) is 1.41. The molecule has 1 aliphatic rings. The molecule has 1 aromatic carbocycles. The highest BCUT2D eigenvalue weighted by Crippen LogP contribution is 2.18. The summed E-state index contributed by atoms with van der Waals surface area (Å²) in [4.78, 5) is 6.46. The van der Waals surface area contributed by atoms with Gasteiger partial charge in [-0.25, -0.2) is 4.39 Å². The zero-order valence-corrected chi connectivity index (χ0v) is 10.4. The number of hydrogen-bond donors (Lipinski definition) is 1. The third kappa shape index (κ3) is 2.80. The molecule has 19 heavy (non-hydrogen) atoms. The molecule has 0 radical (unpaired) electrons. The van der Waals surface area contributed by atoms with E-state index in [4.69, 9.17) is 10.3 Å². The molecule has 100 valence electrons. The number of nitrogens with two attached hydrogens (primary N) is 1. The lowest BCUT2D eigenvalue weighted by atomic mass is 10.2. The Morgan fingerprint density at radius 1 is 1.47 bits per heavy atom. The minimum Gasteiger partial charge on any atom is -0.338 e. The van der Waals surface area contributed by atoms with Gasteiger partial charge in [0.05, 0.1) is 6.54 Å². The fourth-order valence-electron chi connectivity index (χ4n) is 2.26. The number of hydrogen-bond acceptors (Lipinski definition) is 5. The van der Waals surface area contributed by atoms with E-state index in [1.54, 1.807) is 12.1 Å². The van der Waals surface area contributed by atoms with E-state index in [9.17, 15) is 4.39 Å². The quantitative estimate of drug-likeness (QED) is 0.905. The van der Waals surface area contributed by atoms with Crippen molar-refractivity contribution in [2.45, 2.75) is 19.0 Å². The highest BCUT2D eigenvalue weighted by molar-refractivity contribution is 5.53. The van der Waals surface area contributed by atoms with E-state index < -0.39 is 0 Å². The Hall–Kier alpha value is -1.79. The van der Waals surface area contributed by atoms with Crippen molar-refractivity contribution in [1.29, 1.82) is 0 Å². The monoisotopic (exact) mass is 262 g/mol. The summed E-state index contributed by atoms with van der Waals surface area (Å²) in [6, 6.07) is 6.38. The highest BCUT2D eigenvalue weighted by Gasteiger charge is 2.21. The maximum Gasteiger partial charge on any atom is 0.241 e. The Kier molecular flexibility index (Phi) is 3.27. The minimum atomic E-state index is -0.311. The van der Waals surface area contributed by atoms with Gasteiger partial charge in [-0.15, -0.1) is 0 Å². The van der Waals surface area contributed by atoms with Gasteiger partial charge in [0.1, 0.15) is 5.82 Å². The first-order valence-electron chi connectivity index (χ1n) is 6.27. The lowest BCUT2D eigenvalue weighted by Crippen LogP contribution is -2.26. The van der Waals surface area contributed by atoms with Gasteiger partial charge in [0.2, 0.25) is 11.7 Å². The van der Waals surface area contributed by atoms with Crippen LogP contribution in [0.4, 0.5) is 4.39 Å². The molecule has 0 bridgehead atoms. The number of nitrogens with zero attached hydrogens (tertiary/aromatic N) is 3. The Morgan fingerprint density at radius 3 is 3.11 bits per heavy atom. The summed E-state index contributed by atoms with van der Waals surface area (Å²) in [6.07, 6.45) is 0.991. The zero-order valence-electron chi connectivity index (χ0n) is 10.4. The van der Waals surface area contributed by atoms with Gasteiger partial charge in [-0.1, -0.05) is 17.3 Å². The van der Waals surface area contributed by atoms with Crippen LogP contribution in [0.3, 0.4) is 0 Å². The normalized spacial score (nSPS) is 20.0. The van der Waals surface area contributed by atoms with Gasteiger partial charge >= 0.3 is 0 Å². The van der Waals surface area contributed by atoms with Gasteiger partial charge in [0.25, 0.3) is 0 Å². The maximum atomic E-state index is 13.1. The summed E-state index contributed by atoms with van der Waals surface area (Å²) in [7, 11) is 0. The molecule has 1 unspecified atom stereocenters. The van der Waals surface area contributed by atoms with Crippen molar-refractivity contribution in [2.75, 3.05) is 13.1 Å². The molecule has 0 amide bonds. The number of benzene rings is 1. The largest absolute Gasteiger partial charge is 0.338 e. The van der Waals surface area contributed by atoms with E-state index in [1.165, 1.54) is 12.1 Å². The van der Waals surface area contributed by atoms with E-state index in [1.807, 2.05) is 0 Å². The third-order valence-electron chi connectivity index (χ3n) is 3.22. The summed E-state index contributed by atoms with van der Waals surface area (Å²) < 4.78 is 18.3. The molecule has 3 rings (SSSR count). The molecule has 0 saturated carbocycles. The standard InChI is InChI=1S/C13H15FN4O/c14-10-3-1-2-9(6-10)13-16-12(19-17-13)8-18-5-4-11(15)7-18/h1-3,6,11H,4-5,7-8,15H2. The van der Waals surface area contributed by atoms with Crippen LogP contribution >= 0.6 is 0 Å². The van der Waals surface area contributed by atoms with E-state index in [0.29, 0.717) is 23.8 Å². The number of rotatable bonds is 3. The summed E-state index contributed by atoms with van der Waals surface area (Å²) in [5.41, 5.74) is 6.46. The van der Waals surface area contributed by atoms with Gasteiger partial charge in [-0.3, -0.25) is 4.90 Å². The Morgan fingerprint density at radius 2 is 2.37 bits per heavy atom. The number of halogens is 1. The number of likely N-dealkylation sites (tertiary alicyclic amines) is 1. The first-order valence-corrected chi connectivity index (χ1v) is 6.27. The van der Waals surface area contributed by atoms with Crippen molar-refractivity contribution >= 4 is 0 Å². The summed E-state index contributed by atoms with van der Waals surface area (Å²) in [5.74, 6) is 0.640. The van der Waals surface area contributed by atoms with Crippen LogP contribution in [0.25, 0.3) is 11.4 Å². The Labute approximate surface area is 110 Å². The second-order valence-corrected chi connectivity index (χ2v) is 4.81. The Bertz CT molecular complexity index is 571. The van der Waals surface area contributed by atoms with Crippen LogP contribution in [0.1, 0.15) is 12.3 Å². The fraction of sp³-hybridized carbons (Fsp3) is 0.385. The van der Waals surface area contributed by atoms with Gasteiger partial charge in [-0.2, -0.15) is 4.98 Å². The first kappa shape index (κ1) is 12.3. The molecule has 2 N–H and O–H groups in total. The molecule has 0 aliphatic carbocycles.